The molecule has 0 atom stereocenters. The average molecular weight is 521 g/mol. The summed E-state index contributed by atoms with van der Waals surface area (Å²) in [6.07, 6.45) is 0. The zero-order valence-electron chi connectivity index (χ0n) is 21.8. The standard InChI is InChI=1S/C36H28N2O2/c37-29-13-17-31(18-14-29)39-35-21-11-27(23-33(35)25-7-3-1-4-8-25)28-12-22-36(40-32-19-15-30(38)16-20-32)34(24-28)26-9-5-2-6-10-26/h1-24H,37-38H2. The maximum absolute atomic E-state index is 6.31. The molecule has 0 unspecified atom stereocenters. The van der Waals surface area contributed by atoms with Crippen LogP contribution in [-0.2, 0) is 0 Å². The Hall–Kier alpha value is -5.48. The molecule has 6 rings (SSSR count). The maximum Gasteiger partial charge on any atom is 0.135 e. The Morgan fingerprint density at radius 2 is 0.725 bits per heavy atom. The fourth-order valence-corrected chi connectivity index (χ4v) is 4.61. The number of nitrogen functional groups attached to an aromatic ring is 2. The molecule has 0 heterocycles. The van der Waals surface area contributed by atoms with Gasteiger partial charge in [-0.1, -0.05) is 72.8 Å². The Kier molecular flexibility index (Phi) is 6.89. The Balaban J connectivity index is 1.42. The van der Waals surface area contributed by atoms with Gasteiger partial charge in [0.25, 0.3) is 0 Å². The second kappa shape index (κ2) is 11.1. The number of anilines is 2. The summed E-state index contributed by atoms with van der Waals surface area (Å²) in [4.78, 5) is 0. The minimum Gasteiger partial charge on any atom is -0.457 e. The van der Waals surface area contributed by atoms with Gasteiger partial charge in [-0.05, 0) is 95.1 Å². The fraction of sp³-hybridized carbons (Fsp3) is 0. The van der Waals surface area contributed by atoms with Crippen LogP contribution in [0.3, 0.4) is 0 Å². The Morgan fingerprint density at radius 1 is 0.350 bits per heavy atom. The van der Waals surface area contributed by atoms with Gasteiger partial charge in [-0.2, -0.15) is 0 Å². The second-order valence-corrected chi connectivity index (χ2v) is 9.50. The van der Waals surface area contributed by atoms with Crippen molar-refractivity contribution in [3.05, 3.63) is 146 Å². The average Bonchev–Trinajstić information content (AvgIpc) is 3.01. The van der Waals surface area contributed by atoms with Gasteiger partial charge in [-0.3, -0.25) is 0 Å². The molecule has 4 heteroatoms. The zero-order valence-corrected chi connectivity index (χ0v) is 21.8. The smallest absolute Gasteiger partial charge is 0.135 e. The van der Waals surface area contributed by atoms with E-state index in [-0.39, 0.29) is 0 Å². The summed E-state index contributed by atoms with van der Waals surface area (Å²) in [6, 6.07) is 48.0. The maximum atomic E-state index is 6.31. The first-order chi connectivity index (χ1) is 19.6. The van der Waals surface area contributed by atoms with E-state index in [2.05, 4.69) is 48.5 Å². The molecule has 0 amide bonds. The molecule has 0 bridgehead atoms. The first-order valence-electron chi connectivity index (χ1n) is 13.1. The van der Waals surface area contributed by atoms with Crippen LogP contribution in [0.15, 0.2) is 146 Å². The summed E-state index contributed by atoms with van der Waals surface area (Å²) in [7, 11) is 0. The lowest BCUT2D eigenvalue weighted by molar-refractivity contribution is 0.484. The van der Waals surface area contributed by atoms with E-state index in [1.54, 1.807) is 0 Å². The highest BCUT2D eigenvalue weighted by molar-refractivity contribution is 5.82. The number of hydrogen-bond acceptors (Lipinski definition) is 4. The molecule has 0 fully saturated rings. The van der Waals surface area contributed by atoms with E-state index < -0.39 is 0 Å². The molecule has 40 heavy (non-hydrogen) atoms. The predicted octanol–water partition coefficient (Wildman–Crippen LogP) is 9.44. The van der Waals surface area contributed by atoms with Gasteiger partial charge in [0.1, 0.15) is 23.0 Å². The van der Waals surface area contributed by atoms with E-state index in [4.69, 9.17) is 20.9 Å². The molecular weight excluding hydrogens is 492 g/mol. The van der Waals surface area contributed by atoms with Crippen molar-refractivity contribution in [3.8, 4) is 56.4 Å². The van der Waals surface area contributed by atoms with Crippen LogP contribution >= 0.6 is 0 Å². The minimum absolute atomic E-state index is 0.698. The lowest BCUT2D eigenvalue weighted by Crippen LogP contribution is -1.92. The predicted molar refractivity (Wildman–Crippen MR) is 165 cm³/mol. The topological polar surface area (TPSA) is 70.5 Å². The summed E-state index contributed by atoms with van der Waals surface area (Å²) >= 11 is 0. The van der Waals surface area contributed by atoms with Crippen molar-refractivity contribution in [2.24, 2.45) is 0 Å². The number of nitrogens with two attached hydrogens (primary N) is 2. The normalized spacial score (nSPS) is 10.7. The number of hydrogen-bond donors (Lipinski definition) is 2. The van der Waals surface area contributed by atoms with Crippen molar-refractivity contribution in [3.63, 3.8) is 0 Å². The molecule has 0 saturated heterocycles. The molecule has 6 aromatic rings. The summed E-state index contributed by atoms with van der Waals surface area (Å²) in [6.45, 7) is 0. The molecule has 194 valence electrons. The van der Waals surface area contributed by atoms with Gasteiger partial charge in [0.15, 0.2) is 0 Å². The van der Waals surface area contributed by atoms with Gasteiger partial charge in [-0.25, -0.2) is 0 Å². The van der Waals surface area contributed by atoms with Gasteiger partial charge in [-0.15, -0.1) is 0 Å². The zero-order chi connectivity index (χ0) is 27.3. The third kappa shape index (κ3) is 5.52. The largest absolute Gasteiger partial charge is 0.457 e. The monoisotopic (exact) mass is 520 g/mol. The van der Waals surface area contributed by atoms with Crippen LogP contribution in [-0.4, -0.2) is 0 Å². The van der Waals surface area contributed by atoms with Crippen LogP contribution in [0.5, 0.6) is 23.0 Å². The van der Waals surface area contributed by atoms with E-state index in [0.29, 0.717) is 11.4 Å². The van der Waals surface area contributed by atoms with Crippen molar-refractivity contribution in [2.45, 2.75) is 0 Å². The summed E-state index contributed by atoms with van der Waals surface area (Å²) < 4.78 is 12.6. The molecule has 4 N–H and O–H groups in total. The molecule has 6 aromatic carbocycles. The van der Waals surface area contributed by atoms with Crippen LogP contribution in [0, 0.1) is 0 Å². The van der Waals surface area contributed by atoms with Crippen LogP contribution in [0.1, 0.15) is 0 Å². The molecule has 0 aliphatic rings. The molecule has 0 aliphatic carbocycles. The third-order valence-corrected chi connectivity index (χ3v) is 6.68. The summed E-state index contributed by atoms with van der Waals surface area (Å²) in [5.74, 6) is 3.00. The quantitative estimate of drug-likeness (QED) is 0.206. The second-order valence-electron chi connectivity index (χ2n) is 9.50. The molecule has 0 saturated carbocycles. The lowest BCUT2D eigenvalue weighted by Gasteiger charge is -2.16. The highest BCUT2D eigenvalue weighted by Crippen LogP contribution is 2.40. The van der Waals surface area contributed by atoms with Crippen LogP contribution in [0.25, 0.3) is 33.4 Å². The van der Waals surface area contributed by atoms with Crippen LogP contribution < -0.4 is 20.9 Å². The summed E-state index contributed by atoms with van der Waals surface area (Å²) in [5.41, 5.74) is 19.4. The van der Waals surface area contributed by atoms with Gasteiger partial charge in [0.2, 0.25) is 0 Å². The van der Waals surface area contributed by atoms with E-state index >= 15 is 0 Å². The van der Waals surface area contributed by atoms with Crippen LogP contribution in [0.4, 0.5) is 11.4 Å². The SMILES string of the molecule is Nc1ccc(Oc2ccc(-c3ccc(Oc4ccc(N)cc4)c(-c4ccccc4)c3)cc2-c2ccccc2)cc1. The third-order valence-electron chi connectivity index (χ3n) is 6.68. The molecule has 0 radical (unpaired) electrons. The molecule has 0 aromatic heterocycles. The Bertz CT molecular complexity index is 1600. The van der Waals surface area contributed by atoms with Gasteiger partial charge < -0.3 is 20.9 Å². The Labute approximate surface area is 234 Å². The highest BCUT2D eigenvalue weighted by Gasteiger charge is 2.14. The van der Waals surface area contributed by atoms with Crippen molar-refractivity contribution in [2.75, 3.05) is 11.5 Å². The number of ether oxygens (including phenoxy) is 2. The van der Waals surface area contributed by atoms with E-state index in [1.165, 1.54) is 0 Å². The number of benzene rings is 6. The first-order valence-corrected chi connectivity index (χ1v) is 13.1. The van der Waals surface area contributed by atoms with Crippen molar-refractivity contribution in [1.29, 1.82) is 0 Å². The van der Waals surface area contributed by atoms with Crippen molar-refractivity contribution >= 4 is 11.4 Å². The van der Waals surface area contributed by atoms with E-state index in [0.717, 1.165) is 56.4 Å². The van der Waals surface area contributed by atoms with Gasteiger partial charge >= 0.3 is 0 Å². The molecule has 0 aliphatic heterocycles. The van der Waals surface area contributed by atoms with Gasteiger partial charge in [0.05, 0.1) is 0 Å². The van der Waals surface area contributed by atoms with Crippen molar-refractivity contribution in [1.82, 2.24) is 0 Å². The molecule has 0 spiro atoms. The first kappa shape index (κ1) is 24.8. The lowest BCUT2D eigenvalue weighted by atomic mass is 9.95. The molecule has 4 nitrogen and oxygen atoms in total. The highest BCUT2D eigenvalue weighted by atomic mass is 16.5. The van der Waals surface area contributed by atoms with Crippen LogP contribution in [0.2, 0.25) is 0 Å². The van der Waals surface area contributed by atoms with Gasteiger partial charge in [0, 0.05) is 22.5 Å². The minimum atomic E-state index is 0.698. The van der Waals surface area contributed by atoms with E-state index in [1.807, 2.05) is 97.1 Å². The summed E-state index contributed by atoms with van der Waals surface area (Å²) in [5, 5.41) is 0. The fourth-order valence-electron chi connectivity index (χ4n) is 4.61. The molecular formula is C36H28N2O2. The Morgan fingerprint density at radius 3 is 1.10 bits per heavy atom. The van der Waals surface area contributed by atoms with E-state index in [9.17, 15) is 0 Å². The number of rotatable bonds is 7. The van der Waals surface area contributed by atoms with Crippen molar-refractivity contribution < 1.29 is 9.47 Å².